The van der Waals surface area contributed by atoms with Crippen LogP contribution in [0.5, 0.6) is 11.5 Å². The SMILES string of the molecule is CCc1cccc(CCO[Si](c2ccccc2)(c2ccccc2)C(C)(C)C)c1OCOC.COCOc1ccccc1CCO[Si](c1ccccc1)(c1ccccc1)C(C)(C)C.O=C=O. The minimum absolute atomic E-state index is 0.0260. The molecule has 0 aliphatic rings. The van der Waals surface area contributed by atoms with Gasteiger partial charge in [0.05, 0.1) is 0 Å². The fraction of sp³-hybridized carbons (Fsp3) is 0.327. The Balaban J connectivity index is 0.000000269. The van der Waals surface area contributed by atoms with Gasteiger partial charge in [0.25, 0.3) is 16.6 Å². The van der Waals surface area contributed by atoms with Crippen LogP contribution in [-0.2, 0) is 47.2 Å². The maximum absolute atomic E-state index is 8.12. The highest BCUT2D eigenvalue weighted by atomic mass is 28.4. The number of ether oxygens (including phenoxy) is 4. The van der Waals surface area contributed by atoms with Gasteiger partial charge < -0.3 is 27.8 Å². The third-order valence-electron chi connectivity index (χ3n) is 11.4. The van der Waals surface area contributed by atoms with Crippen molar-refractivity contribution in [3.8, 4) is 11.5 Å². The number of hydrogen-bond donors (Lipinski definition) is 0. The molecule has 0 saturated carbocycles. The van der Waals surface area contributed by atoms with Gasteiger partial charge in [0.15, 0.2) is 13.6 Å². The molecule has 0 aliphatic heterocycles. The fourth-order valence-corrected chi connectivity index (χ4v) is 17.7. The molecule has 0 spiro atoms. The number of benzene rings is 6. The van der Waals surface area contributed by atoms with Crippen molar-refractivity contribution < 1.29 is 37.4 Å². The average molecular weight is 913 g/mol. The summed E-state index contributed by atoms with van der Waals surface area (Å²) >= 11 is 0. The molecule has 6 rings (SSSR count). The lowest BCUT2D eigenvalue weighted by molar-refractivity contribution is -0.191. The van der Waals surface area contributed by atoms with Crippen LogP contribution in [0.4, 0.5) is 0 Å². The topological polar surface area (TPSA) is 89.5 Å². The molecule has 0 heterocycles. The van der Waals surface area contributed by atoms with Gasteiger partial charge in [0, 0.05) is 27.4 Å². The van der Waals surface area contributed by atoms with Gasteiger partial charge in [-0.25, -0.2) is 0 Å². The first kappa shape index (κ1) is 52.2. The van der Waals surface area contributed by atoms with Gasteiger partial charge in [-0.3, -0.25) is 0 Å². The van der Waals surface area contributed by atoms with Crippen LogP contribution in [0.1, 0.15) is 65.2 Å². The van der Waals surface area contributed by atoms with Crippen molar-refractivity contribution in [3.63, 3.8) is 0 Å². The average Bonchev–Trinajstić information content (AvgIpc) is 3.31. The second kappa shape index (κ2) is 25.9. The summed E-state index contributed by atoms with van der Waals surface area (Å²) in [6.07, 6.45) is 2.74. The molecule has 65 heavy (non-hydrogen) atoms. The monoisotopic (exact) mass is 912 g/mol. The van der Waals surface area contributed by atoms with E-state index in [1.54, 1.807) is 14.2 Å². The molecule has 6 aromatic rings. The number of hydrogen-bond acceptors (Lipinski definition) is 8. The van der Waals surface area contributed by atoms with E-state index >= 15 is 0 Å². The van der Waals surface area contributed by atoms with Crippen molar-refractivity contribution in [2.75, 3.05) is 41.0 Å². The van der Waals surface area contributed by atoms with Crippen molar-refractivity contribution in [2.24, 2.45) is 0 Å². The van der Waals surface area contributed by atoms with E-state index in [1.807, 2.05) is 18.2 Å². The summed E-state index contributed by atoms with van der Waals surface area (Å²) in [6, 6.07) is 57.5. The molecule has 8 nitrogen and oxygen atoms in total. The molecule has 0 fully saturated rings. The van der Waals surface area contributed by atoms with Crippen molar-refractivity contribution in [3.05, 3.63) is 180 Å². The molecular weight excluding hydrogens is 845 g/mol. The standard InChI is InChI=1S/C28H36O3Si.C26H32O3Si.CO2/c1-6-23-14-13-15-24(27(23)30-22-29-5)20-21-31-32(28(2,3)4,25-16-9-7-10-17-25)26-18-11-8-12-19-26;1-26(2,3)30(23-14-7-5-8-15-23,24-16-9-6-10-17-24)29-20-19-22-13-11-12-18-25(22)28-21-27-4;2-1-3/h7-19H,6,20-22H2,1-5H3;5-18H,19-21H2,1-4H3;. The Labute approximate surface area is 390 Å². The van der Waals surface area contributed by atoms with E-state index in [-0.39, 0.29) is 29.8 Å². The molecule has 0 bridgehead atoms. The zero-order chi connectivity index (χ0) is 47.2. The number of aryl methyl sites for hydroxylation is 1. The first-order valence-corrected chi connectivity index (χ1v) is 26.1. The van der Waals surface area contributed by atoms with E-state index in [1.165, 1.54) is 31.9 Å². The largest absolute Gasteiger partial charge is 0.467 e. The van der Waals surface area contributed by atoms with E-state index in [4.69, 9.17) is 37.4 Å². The predicted octanol–water partition coefficient (Wildman–Crippen LogP) is 9.56. The normalized spacial score (nSPS) is 11.6. The highest BCUT2D eigenvalue weighted by Gasteiger charge is 2.51. The molecule has 0 unspecified atom stereocenters. The van der Waals surface area contributed by atoms with E-state index in [0.29, 0.717) is 13.2 Å². The van der Waals surface area contributed by atoms with Gasteiger partial charge in [-0.1, -0.05) is 206 Å². The second-order valence-electron chi connectivity index (χ2n) is 17.6. The molecule has 0 radical (unpaired) electrons. The number of para-hydroxylation sites is 2. The molecule has 344 valence electrons. The highest BCUT2D eigenvalue weighted by Crippen LogP contribution is 2.38. The van der Waals surface area contributed by atoms with Crippen molar-refractivity contribution in [1.29, 1.82) is 0 Å². The Morgan fingerprint density at radius 3 is 1.17 bits per heavy atom. The van der Waals surface area contributed by atoms with Crippen LogP contribution in [0.2, 0.25) is 10.1 Å². The number of carbonyl (C=O) groups excluding carboxylic acids is 2. The predicted molar refractivity (Wildman–Crippen MR) is 267 cm³/mol. The van der Waals surface area contributed by atoms with Gasteiger partial charge in [-0.05, 0) is 72.8 Å². The lowest BCUT2D eigenvalue weighted by atomic mass is 10.0. The Morgan fingerprint density at radius 2 is 0.785 bits per heavy atom. The molecule has 0 saturated heterocycles. The lowest BCUT2D eigenvalue weighted by Crippen LogP contribution is -2.66. The minimum Gasteiger partial charge on any atom is -0.467 e. The molecule has 10 heteroatoms. The first-order valence-electron chi connectivity index (χ1n) is 22.3. The summed E-state index contributed by atoms with van der Waals surface area (Å²) in [5, 5.41) is 5.15. The van der Waals surface area contributed by atoms with Gasteiger partial charge in [-0.15, -0.1) is 0 Å². The summed E-state index contributed by atoms with van der Waals surface area (Å²) in [7, 11) is -1.76. The molecule has 0 atom stereocenters. The summed E-state index contributed by atoms with van der Waals surface area (Å²) in [6.45, 7) is 17.7. The lowest BCUT2D eigenvalue weighted by Gasteiger charge is -2.43. The summed E-state index contributed by atoms with van der Waals surface area (Å²) in [5.74, 6) is 1.79. The molecule has 0 aliphatic carbocycles. The Hall–Kier alpha value is -5.43. The Bertz CT molecular complexity index is 2210. The van der Waals surface area contributed by atoms with E-state index < -0.39 is 16.6 Å². The third kappa shape index (κ3) is 13.6. The summed E-state index contributed by atoms with van der Waals surface area (Å²) in [4.78, 5) is 16.2. The second-order valence-corrected chi connectivity index (χ2v) is 26.2. The third-order valence-corrected chi connectivity index (χ3v) is 21.5. The van der Waals surface area contributed by atoms with Crippen LogP contribution in [0.3, 0.4) is 0 Å². The van der Waals surface area contributed by atoms with Crippen LogP contribution in [-0.4, -0.2) is 63.8 Å². The minimum atomic E-state index is -2.53. The van der Waals surface area contributed by atoms with E-state index in [9.17, 15) is 0 Å². The van der Waals surface area contributed by atoms with Crippen molar-refractivity contribution in [1.82, 2.24) is 0 Å². The molecule has 6 aromatic carbocycles. The molecule has 0 aromatic heterocycles. The van der Waals surface area contributed by atoms with Gasteiger partial charge in [-0.2, -0.15) is 9.59 Å². The van der Waals surface area contributed by atoms with Crippen LogP contribution >= 0.6 is 0 Å². The summed E-state index contributed by atoms with van der Waals surface area (Å²) in [5.41, 5.74) is 3.50. The van der Waals surface area contributed by atoms with Crippen LogP contribution < -0.4 is 30.2 Å². The van der Waals surface area contributed by atoms with E-state index in [0.717, 1.165) is 36.3 Å². The zero-order valence-electron chi connectivity index (χ0n) is 39.8. The molecular formula is C55H68O8Si2. The maximum atomic E-state index is 8.12. The summed E-state index contributed by atoms with van der Waals surface area (Å²) < 4.78 is 36.0. The quantitative estimate of drug-likeness (QED) is 0.0587. The van der Waals surface area contributed by atoms with Crippen LogP contribution in [0.15, 0.2) is 164 Å². The fourth-order valence-electron chi connectivity index (χ4n) is 8.54. The number of rotatable bonds is 19. The molecule has 0 amide bonds. The van der Waals surface area contributed by atoms with E-state index in [2.05, 4.69) is 194 Å². The Morgan fingerprint density at radius 1 is 0.446 bits per heavy atom. The molecule has 0 N–H and O–H groups in total. The smallest absolute Gasteiger partial charge is 0.373 e. The Kier molecular flexibility index (Phi) is 20.8. The maximum Gasteiger partial charge on any atom is 0.373 e. The highest BCUT2D eigenvalue weighted by molar-refractivity contribution is 7.00. The van der Waals surface area contributed by atoms with Crippen LogP contribution in [0.25, 0.3) is 0 Å². The van der Waals surface area contributed by atoms with Gasteiger partial charge in [0.1, 0.15) is 11.5 Å². The van der Waals surface area contributed by atoms with Gasteiger partial charge in [0.2, 0.25) is 0 Å². The number of methoxy groups -OCH3 is 2. The van der Waals surface area contributed by atoms with Crippen LogP contribution in [0, 0.1) is 0 Å². The van der Waals surface area contributed by atoms with Crippen molar-refractivity contribution >= 4 is 43.5 Å². The zero-order valence-corrected chi connectivity index (χ0v) is 41.8. The van der Waals surface area contributed by atoms with Gasteiger partial charge >= 0.3 is 6.15 Å². The van der Waals surface area contributed by atoms with Crippen molar-refractivity contribution in [2.45, 2.75) is 77.8 Å². The first-order chi connectivity index (χ1) is 31.3.